The van der Waals surface area contributed by atoms with E-state index in [4.69, 9.17) is 0 Å². The van der Waals surface area contributed by atoms with Crippen LogP contribution >= 0.6 is 0 Å². The number of ketones is 1. The second kappa shape index (κ2) is 8.30. The molecule has 0 atom stereocenters. The predicted octanol–water partition coefficient (Wildman–Crippen LogP) is 3.74. The molecule has 7 heteroatoms. The predicted molar refractivity (Wildman–Crippen MR) is 110 cm³/mol. The summed E-state index contributed by atoms with van der Waals surface area (Å²) < 4.78 is 0. The third-order valence-electron chi connectivity index (χ3n) is 4.09. The van der Waals surface area contributed by atoms with Crippen molar-refractivity contribution in [3.05, 3.63) is 72.2 Å². The van der Waals surface area contributed by atoms with Gasteiger partial charge in [0.1, 0.15) is 11.5 Å². The van der Waals surface area contributed by atoms with Crippen LogP contribution in [0.25, 0.3) is 0 Å². The van der Waals surface area contributed by atoms with Crippen LogP contribution in [0.3, 0.4) is 0 Å². The van der Waals surface area contributed by atoms with E-state index in [0.29, 0.717) is 17.1 Å². The highest BCUT2D eigenvalue weighted by Crippen LogP contribution is 2.18. The molecular formula is C21H21N5O2. The highest BCUT2D eigenvalue weighted by Gasteiger charge is 2.09. The molecule has 2 aromatic carbocycles. The van der Waals surface area contributed by atoms with Crippen molar-refractivity contribution in [1.29, 1.82) is 0 Å². The molecule has 0 spiro atoms. The fourth-order valence-corrected chi connectivity index (χ4v) is 2.48. The van der Waals surface area contributed by atoms with Gasteiger partial charge in [-0.1, -0.05) is 0 Å². The molecule has 0 aliphatic heterocycles. The molecule has 1 aromatic heterocycles. The monoisotopic (exact) mass is 375 g/mol. The molecule has 3 rings (SSSR count). The minimum Gasteiger partial charge on any atom is -0.378 e. The molecule has 28 heavy (non-hydrogen) atoms. The Bertz CT molecular complexity index is 965. The first-order valence-corrected chi connectivity index (χ1v) is 8.71. The number of hydrogen-bond acceptors (Lipinski definition) is 6. The van der Waals surface area contributed by atoms with Crippen LogP contribution in [-0.4, -0.2) is 35.8 Å². The molecule has 0 radical (unpaired) electrons. The van der Waals surface area contributed by atoms with Crippen LogP contribution in [0, 0.1) is 0 Å². The van der Waals surface area contributed by atoms with Crippen molar-refractivity contribution in [3.63, 3.8) is 0 Å². The topological polar surface area (TPSA) is 87.2 Å². The van der Waals surface area contributed by atoms with Gasteiger partial charge in [0.2, 0.25) is 0 Å². The molecule has 3 aromatic rings. The van der Waals surface area contributed by atoms with Gasteiger partial charge < -0.3 is 15.5 Å². The van der Waals surface area contributed by atoms with E-state index in [1.54, 1.807) is 24.3 Å². The van der Waals surface area contributed by atoms with Gasteiger partial charge in [-0.25, -0.2) is 9.97 Å². The quantitative estimate of drug-likeness (QED) is 0.638. The number of rotatable bonds is 6. The average molecular weight is 375 g/mol. The van der Waals surface area contributed by atoms with Crippen LogP contribution in [0.15, 0.2) is 60.9 Å². The highest BCUT2D eigenvalue weighted by molar-refractivity contribution is 6.03. The molecule has 0 aliphatic carbocycles. The van der Waals surface area contributed by atoms with Gasteiger partial charge in [0.15, 0.2) is 5.78 Å². The third kappa shape index (κ3) is 4.70. The van der Waals surface area contributed by atoms with Gasteiger partial charge in [0.25, 0.3) is 5.91 Å². The highest BCUT2D eigenvalue weighted by atomic mass is 16.2. The zero-order valence-electron chi connectivity index (χ0n) is 15.9. The lowest BCUT2D eigenvalue weighted by atomic mass is 10.1. The number of hydrogen-bond donors (Lipinski definition) is 2. The fraction of sp³-hybridized carbons (Fsp3) is 0.143. The summed E-state index contributed by atoms with van der Waals surface area (Å²) in [6.45, 7) is 1.50. The minimum atomic E-state index is -0.370. The SMILES string of the molecule is CC(=O)c1ccc(NC(=O)c2cnc(Nc3ccc(N(C)C)cc3)cn2)cc1. The van der Waals surface area contributed by atoms with Crippen molar-refractivity contribution >= 4 is 34.6 Å². The average Bonchev–Trinajstić information content (AvgIpc) is 2.69. The van der Waals surface area contributed by atoms with E-state index >= 15 is 0 Å². The number of Topliss-reactive ketones (excluding diaryl/α,β-unsaturated/α-hetero) is 1. The zero-order valence-corrected chi connectivity index (χ0v) is 15.9. The Hall–Kier alpha value is -3.74. The third-order valence-corrected chi connectivity index (χ3v) is 4.09. The van der Waals surface area contributed by atoms with Gasteiger partial charge in [0, 0.05) is 36.7 Å². The van der Waals surface area contributed by atoms with Gasteiger partial charge in [-0.05, 0) is 55.5 Å². The molecule has 0 bridgehead atoms. The maximum atomic E-state index is 12.3. The standard InChI is InChI=1S/C21H21N5O2/c1-14(27)15-4-6-17(7-5-15)25-21(28)19-12-23-20(13-22-19)24-16-8-10-18(11-9-16)26(2)3/h4-13H,1-3H3,(H,23,24)(H,25,28). The van der Waals surface area contributed by atoms with Crippen LogP contribution in [0.2, 0.25) is 0 Å². The number of nitrogens with one attached hydrogen (secondary N) is 2. The summed E-state index contributed by atoms with van der Waals surface area (Å²) in [5.74, 6) is 0.146. The second-order valence-electron chi connectivity index (χ2n) is 6.44. The molecule has 0 fully saturated rings. The first-order valence-electron chi connectivity index (χ1n) is 8.71. The summed E-state index contributed by atoms with van der Waals surface area (Å²) in [5.41, 5.74) is 3.35. The summed E-state index contributed by atoms with van der Waals surface area (Å²) in [7, 11) is 3.96. The Morgan fingerprint density at radius 2 is 1.50 bits per heavy atom. The molecule has 142 valence electrons. The Balaban J connectivity index is 1.63. The van der Waals surface area contributed by atoms with Gasteiger partial charge in [-0.2, -0.15) is 0 Å². The second-order valence-corrected chi connectivity index (χ2v) is 6.44. The smallest absolute Gasteiger partial charge is 0.275 e. The Morgan fingerprint density at radius 3 is 2.04 bits per heavy atom. The van der Waals surface area contributed by atoms with Gasteiger partial charge in [-0.15, -0.1) is 0 Å². The molecule has 0 aliphatic rings. The fourth-order valence-electron chi connectivity index (χ4n) is 2.48. The van der Waals surface area contributed by atoms with Crippen molar-refractivity contribution in [2.75, 3.05) is 29.6 Å². The number of carbonyl (C=O) groups excluding carboxylic acids is 2. The van der Waals surface area contributed by atoms with E-state index in [-0.39, 0.29) is 17.4 Å². The lowest BCUT2D eigenvalue weighted by Crippen LogP contribution is -2.14. The van der Waals surface area contributed by atoms with E-state index in [9.17, 15) is 9.59 Å². The summed E-state index contributed by atoms with van der Waals surface area (Å²) >= 11 is 0. The lowest BCUT2D eigenvalue weighted by molar-refractivity contribution is 0.101. The molecular weight excluding hydrogens is 354 g/mol. The van der Waals surface area contributed by atoms with Gasteiger partial charge >= 0.3 is 0 Å². The summed E-state index contributed by atoms with van der Waals surface area (Å²) in [6, 6.07) is 14.6. The Labute approximate surface area is 163 Å². The molecule has 1 amide bonds. The van der Waals surface area contributed by atoms with E-state index in [1.165, 1.54) is 19.3 Å². The van der Waals surface area contributed by atoms with Crippen molar-refractivity contribution in [1.82, 2.24) is 9.97 Å². The van der Waals surface area contributed by atoms with Crippen LogP contribution < -0.4 is 15.5 Å². The number of carbonyl (C=O) groups is 2. The van der Waals surface area contributed by atoms with Gasteiger partial charge in [-0.3, -0.25) is 9.59 Å². The van der Waals surface area contributed by atoms with E-state index in [2.05, 4.69) is 20.6 Å². The van der Waals surface area contributed by atoms with Crippen molar-refractivity contribution in [2.45, 2.75) is 6.92 Å². The first-order chi connectivity index (χ1) is 13.4. The normalized spacial score (nSPS) is 10.2. The summed E-state index contributed by atoms with van der Waals surface area (Å²) in [5, 5.41) is 5.88. The maximum absolute atomic E-state index is 12.3. The molecule has 0 unspecified atom stereocenters. The maximum Gasteiger partial charge on any atom is 0.275 e. The van der Waals surface area contributed by atoms with Gasteiger partial charge in [0.05, 0.1) is 12.4 Å². The largest absolute Gasteiger partial charge is 0.378 e. The van der Waals surface area contributed by atoms with Crippen molar-refractivity contribution < 1.29 is 9.59 Å². The van der Waals surface area contributed by atoms with Crippen LogP contribution in [-0.2, 0) is 0 Å². The first kappa shape index (κ1) is 19.0. The van der Waals surface area contributed by atoms with Crippen molar-refractivity contribution in [3.8, 4) is 0 Å². The summed E-state index contributed by atoms with van der Waals surface area (Å²) in [4.78, 5) is 34.0. The molecule has 0 saturated carbocycles. The molecule has 7 nitrogen and oxygen atoms in total. The Morgan fingerprint density at radius 1 is 0.857 bits per heavy atom. The zero-order chi connectivity index (χ0) is 20.1. The molecule has 1 heterocycles. The van der Waals surface area contributed by atoms with Crippen LogP contribution in [0.4, 0.5) is 22.9 Å². The van der Waals surface area contributed by atoms with Crippen LogP contribution in [0.1, 0.15) is 27.8 Å². The number of amides is 1. The van der Waals surface area contributed by atoms with E-state index < -0.39 is 0 Å². The number of nitrogens with zero attached hydrogens (tertiary/aromatic N) is 3. The molecule has 0 saturated heterocycles. The number of anilines is 4. The minimum absolute atomic E-state index is 0.0248. The van der Waals surface area contributed by atoms with E-state index in [1.807, 2.05) is 43.3 Å². The molecule has 2 N–H and O–H groups in total. The van der Waals surface area contributed by atoms with E-state index in [0.717, 1.165) is 11.4 Å². The summed E-state index contributed by atoms with van der Waals surface area (Å²) in [6.07, 6.45) is 2.92. The van der Waals surface area contributed by atoms with Crippen LogP contribution in [0.5, 0.6) is 0 Å². The lowest BCUT2D eigenvalue weighted by Gasteiger charge is -2.13. The Kier molecular flexibility index (Phi) is 5.64. The van der Waals surface area contributed by atoms with Crippen molar-refractivity contribution in [2.24, 2.45) is 0 Å². The number of benzene rings is 2. The number of aromatic nitrogens is 2.